The Balaban J connectivity index is 2.35. The van der Waals surface area contributed by atoms with Gasteiger partial charge in [-0.15, -0.1) is 0 Å². The van der Waals surface area contributed by atoms with Gasteiger partial charge in [-0.1, -0.05) is 15.9 Å². The average molecular weight is 326 g/mol. The van der Waals surface area contributed by atoms with Crippen LogP contribution in [0.1, 0.15) is 10.4 Å². The van der Waals surface area contributed by atoms with Crippen LogP contribution in [0.25, 0.3) is 0 Å². The minimum Gasteiger partial charge on any atom is -0.465 e. The molecule has 98 valence electrons. The molecule has 0 aliphatic heterocycles. The second kappa shape index (κ2) is 5.79. The van der Waals surface area contributed by atoms with E-state index < -0.39 is 11.8 Å². The number of esters is 1. The number of aromatic nitrogens is 1. The zero-order chi connectivity index (χ0) is 13.8. The number of nitrogens with zero attached hydrogens (tertiary/aromatic N) is 1. The van der Waals surface area contributed by atoms with Gasteiger partial charge in [0.1, 0.15) is 17.1 Å². The molecule has 1 aromatic heterocycles. The third-order valence-corrected chi connectivity index (χ3v) is 2.68. The lowest BCUT2D eigenvalue weighted by Gasteiger charge is -2.08. The largest absolute Gasteiger partial charge is 0.465 e. The second-order valence-corrected chi connectivity index (χ2v) is 4.47. The first kappa shape index (κ1) is 13.5. The fourth-order valence-electron chi connectivity index (χ4n) is 1.44. The van der Waals surface area contributed by atoms with Gasteiger partial charge >= 0.3 is 5.97 Å². The Morgan fingerprint density at radius 1 is 1.37 bits per heavy atom. The van der Waals surface area contributed by atoms with Crippen LogP contribution in [-0.4, -0.2) is 18.1 Å². The maximum Gasteiger partial charge on any atom is 0.343 e. The third-order valence-electron chi connectivity index (χ3n) is 2.23. The van der Waals surface area contributed by atoms with E-state index in [1.807, 2.05) is 0 Å². The van der Waals surface area contributed by atoms with E-state index in [1.54, 1.807) is 12.1 Å². The van der Waals surface area contributed by atoms with Gasteiger partial charge in [-0.05, 0) is 24.3 Å². The molecule has 0 bridgehead atoms. The highest BCUT2D eigenvalue weighted by molar-refractivity contribution is 9.10. The summed E-state index contributed by atoms with van der Waals surface area (Å²) in [4.78, 5) is 15.5. The lowest BCUT2D eigenvalue weighted by Crippen LogP contribution is -2.04. The van der Waals surface area contributed by atoms with Crippen LogP contribution in [0.2, 0.25) is 0 Å². The van der Waals surface area contributed by atoms with Gasteiger partial charge in [0.2, 0.25) is 5.88 Å². The van der Waals surface area contributed by atoms with Gasteiger partial charge in [-0.25, -0.2) is 14.2 Å². The van der Waals surface area contributed by atoms with Crippen LogP contribution >= 0.6 is 15.9 Å². The Morgan fingerprint density at radius 3 is 2.84 bits per heavy atom. The molecule has 0 unspecified atom stereocenters. The lowest BCUT2D eigenvalue weighted by molar-refractivity contribution is 0.0597. The minimum absolute atomic E-state index is 0.0619. The van der Waals surface area contributed by atoms with E-state index in [9.17, 15) is 9.18 Å². The van der Waals surface area contributed by atoms with Gasteiger partial charge in [0.05, 0.1) is 7.11 Å². The van der Waals surface area contributed by atoms with Crippen LogP contribution in [0.15, 0.2) is 41.0 Å². The Labute approximate surface area is 117 Å². The number of pyridine rings is 1. The molecule has 0 aliphatic carbocycles. The number of benzene rings is 1. The Morgan fingerprint density at radius 2 is 2.16 bits per heavy atom. The highest BCUT2D eigenvalue weighted by atomic mass is 79.9. The van der Waals surface area contributed by atoms with E-state index >= 15 is 0 Å². The summed E-state index contributed by atoms with van der Waals surface area (Å²) in [6, 6.07) is 7.16. The quantitative estimate of drug-likeness (QED) is 0.809. The summed E-state index contributed by atoms with van der Waals surface area (Å²) in [7, 11) is 1.26. The van der Waals surface area contributed by atoms with Gasteiger partial charge in [0.15, 0.2) is 0 Å². The van der Waals surface area contributed by atoms with Crippen molar-refractivity contribution in [3.8, 4) is 11.6 Å². The molecule has 0 N–H and O–H groups in total. The van der Waals surface area contributed by atoms with E-state index in [0.717, 1.165) is 0 Å². The van der Waals surface area contributed by atoms with Crippen LogP contribution < -0.4 is 4.74 Å². The molecule has 0 fully saturated rings. The molecule has 0 atom stereocenters. The predicted molar refractivity (Wildman–Crippen MR) is 69.8 cm³/mol. The predicted octanol–water partition coefficient (Wildman–Crippen LogP) is 3.56. The molecule has 2 rings (SSSR count). The van der Waals surface area contributed by atoms with Crippen molar-refractivity contribution >= 4 is 21.9 Å². The second-order valence-electron chi connectivity index (χ2n) is 3.55. The van der Waals surface area contributed by atoms with Crippen molar-refractivity contribution in [1.29, 1.82) is 0 Å². The third kappa shape index (κ3) is 3.29. The molecule has 0 saturated carbocycles. The molecule has 0 radical (unpaired) electrons. The average Bonchev–Trinajstić information content (AvgIpc) is 2.37. The van der Waals surface area contributed by atoms with Crippen molar-refractivity contribution in [3.63, 3.8) is 0 Å². The summed E-state index contributed by atoms with van der Waals surface area (Å²) in [5.41, 5.74) is 0.172. The summed E-state index contributed by atoms with van der Waals surface area (Å²) < 4.78 is 23.8. The van der Waals surface area contributed by atoms with E-state index in [2.05, 4.69) is 25.7 Å². The molecular weight excluding hydrogens is 317 g/mol. The minimum atomic E-state index is -0.571. The highest BCUT2D eigenvalue weighted by Crippen LogP contribution is 2.27. The number of carbonyl (C=O) groups excluding carboxylic acids is 1. The Hall–Kier alpha value is -1.95. The number of ether oxygens (including phenoxy) is 2. The molecule has 19 heavy (non-hydrogen) atoms. The molecule has 4 nitrogen and oxygen atoms in total. The van der Waals surface area contributed by atoms with Crippen LogP contribution in [0.3, 0.4) is 0 Å². The van der Waals surface area contributed by atoms with Gasteiger partial charge in [-0.3, -0.25) is 0 Å². The fourth-order valence-corrected chi connectivity index (χ4v) is 1.88. The van der Waals surface area contributed by atoms with Crippen molar-refractivity contribution in [3.05, 3.63) is 52.4 Å². The summed E-state index contributed by atoms with van der Waals surface area (Å²) in [6.07, 6.45) is 1.47. The summed E-state index contributed by atoms with van der Waals surface area (Å²) in [5.74, 6) is -0.735. The standard InChI is InChI=1S/C13H9BrFNO3/c1-18-13(17)11-3-2-4-16-12(11)19-10-6-8(14)5-9(15)7-10/h2-7H,1H3. The zero-order valence-corrected chi connectivity index (χ0v) is 11.5. The summed E-state index contributed by atoms with van der Waals surface area (Å²) in [6.45, 7) is 0. The smallest absolute Gasteiger partial charge is 0.343 e. The van der Waals surface area contributed by atoms with Crippen LogP contribution in [0, 0.1) is 5.82 Å². The summed E-state index contributed by atoms with van der Waals surface area (Å²) in [5, 5.41) is 0. The number of halogens is 2. The van der Waals surface area contributed by atoms with Gasteiger partial charge in [-0.2, -0.15) is 0 Å². The molecule has 0 aliphatic rings. The van der Waals surface area contributed by atoms with Gasteiger partial charge in [0.25, 0.3) is 0 Å². The fraction of sp³-hybridized carbons (Fsp3) is 0.0769. The molecular formula is C13H9BrFNO3. The van der Waals surface area contributed by atoms with Crippen LogP contribution in [0.5, 0.6) is 11.6 Å². The Bertz CT molecular complexity index is 598. The molecule has 2 aromatic rings. The topological polar surface area (TPSA) is 48.4 Å². The lowest BCUT2D eigenvalue weighted by atomic mass is 10.2. The van der Waals surface area contributed by atoms with Crippen molar-refractivity contribution < 1.29 is 18.7 Å². The van der Waals surface area contributed by atoms with Gasteiger partial charge < -0.3 is 9.47 Å². The molecule has 6 heteroatoms. The number of rotatable bonds is 3. The van der Waals surface area contributed by atoms with E-state index in [1.165, 1.54) is 31.5 Å². The first-order valence-corrected chi connectivity index (χ1v) is 6.06. The maximum atomic E-state index is 13.2. The van der Waals surface area contributed by atoms with E-state index in [4.69, 9.17) is 4.74 Å². The highest BCUT2D eigenvalue weighted by Gasteiger charge is 2.14. The van der Waals surface area contributed by atoms with Crippen molar-refractivity contribution in [2.45, 2.75) is 0 Å². The van der Waals surface area contributed by atoms with Crippen molar-refractivity contribution in [2.24, 2.45) is 0 Å². The molecule has 0 amide bonds. The van der Waals surface area contributed by atoms with Crippen LogP contribution in [-0.2, 0) is 4.74 Å². The molecule has 0 spiro atoms. The number of methoxy groups -OCH3 is 1. The van der Waals surface area contributed by atoms with E-state index in [0.29, 0.717) is 4.47 Å². The molecule has 1 heterocycles. The normalized spacial score (nSPS) is 10.1. The number of hydrogen-bond donors (Lipinski definition) is 0. The van der Waals surface area contributed by atoms with Gasteiger partial charge in [0, 0.05) is 16.7 Å². The molecule has 0 saturated heterocycles. The first-order valence-electron chi connectivity index (χ1n) is 5.27. The SMILES string of the molecule is COC(=O)c1cccnc1Oc1cc(F)cc(Br)c1. The first-order chi connectivity index (χ1) is 9.10. The molecule has 1 aromatic carbocycles. The van der Waals surface area contributed by atoms with Crippen LogP contribution in [0.4, 0.5) is 4.39 Å². The summed E-state index contributed by atoms with van der Waals surface area (Å²) >= 11 is 3.16. The maximum absolute atomic E-state index is 13.2. The number of carbonyl (C=O) groups is 1. The monoisotopic (exact) mass is 325 g/mol. The zero-order valence-electron chi connectivity index (χ0n) is 9.89. The number of hydrogen-bond acceptors (Lipinski definition) is 4. The Kier molecular flexibility index (Phi) is 4.11. The van der Waals surface area contributed by atoms with E-state index in [-0.39, 0.29) is 17.2 Å². The van der Waals surface area contributed by atoms with Crippen molar-refractivity contribution in [2.75, 3.05) is 7.11 Å². The van der Waals surface area contributed by atoms with Crippen molar-refractivity contribution in [1.82, 2.24) is 4.98 Å².